The summed E-state index contributed by atoms with van der Waals surface area (Å²) in [6.45, 7) is 4.71. The minimum Gasteiger partial charge on any atom is -0.351 e. The van der Waals surface area contributed by atoms with Crippen molar-refractivity contribution in [1.29, 1.82) is 0 Å². The Hall–Kier alpha value is -2.56. The lowest BCUT2D eigenvalue weighted by Gasteiger charge is -2.19. The molecule has 5 heteroatoms. The van der Waals surface area contributed by atoms with E-state index in [9.17, 15) is 9.59 Å². The summed E-state index contributed by atoms with van der Waals surface area (Å²) in [6.07, 6.45) is 1.87. The molecule has 1 N–H and O–H groups in total. The van der Waals surface area contributed by atoms with Crippen molar-refractivity contribution in [3.05, 3.63) is 59.4 Å². The van der Waals surface area contributed by atoms with Crippen LogP contribution in [0.25, 0.3) is 0 Å². The van der Waals surface area contributed by atoms with Crippen molar-refractivity contribution < 1.29 is 9.59 Å². The van der Waals surface area contributed by atoms with Crippen LogP contribution in [0.4, 0.5) is 0 Å². The minimum absolute atomic E-state index is 0.00691. The van der Waals surface area contributed by atoms with Gasteiger partial charge in [-0.05, 0) is 24.6 Å². The van der Waals surface area contributed by atoms with Crippen LogP contribution in [0.5, 0.6) is 0 Å². The van der Waals surface area contributed by atoms with E-state index in [1.807, 2.05) is 34.8 Å². The second-order valence-electron chi connectivity index (χ2n) is 6.54. The van der Waals surface area contributed by atoms with E-state index < -0.39 is 0 Å². The van der Waals surface area contributed by atoms with Crippen LogP contribution in [0.2, 0.25) is 0 Å². The van der Waals surface area contributed by atoms with E-state index >= 15 is 0 Å². The first kappa shape index (κ1) is 16.3. The van der Waals surface area contributed by atoms with Gasteiger partial charge in [-0.2, -0.15) is 0 Å². The van der Waals surface area contributed by atoms with E-state index in [-0.39, 0.29) is 23.8 Å². The molecule has 1 aliphatic rings. The molecule has 0 bridgehead atoms. The number of aryl methyl sites for hydroxylation is 2. The highest BCUT2D eigenvalue weighted by Gasteiger charge is 2.37. The van der Waals surface area contributed by atoms with Gasteiger partial charge in [0.15, 0.2) is 0 Å². The number of rotatable bonds is 3. The van der Waals surface area contributed by atoms with E-state index in [0.717, 1.165) is 5.56 Å². The zero-order chi connectivity index (χ0) is 17.3. The van der Waals surface area contributed by atoms with Crippen molar-refractivity contribution in [3.63, 3.8) is 0 Å². The molecule has 24 heavy (non-hydrogen) atoms. The summed E-state index contributed by atoms with van der Waals surface area (Å²) in [5.41, 5.74) is 3.02. The molecule has 0 radical (unpaired) electrons. The summed E-state index contributed by atoms with van der Waals surface area (Å²) in [5, 5.41) is 3.01. The summed E-state index contributed by atoms with van der Waals surface area (Å²) in [5.74, 6) is 0.0523. The molecule has 0 saturated carbocycles. The van der Waals surface area contributed by atoms with Gasteiger partial charge in [0.1, 0.15) is 5.69 Å². The Morgan fingerprint density at radius 1 is 1.12 bits per heavy atom. The molecule has 2 aromatic rings. The number of benzene rings is 1. The van der Waals surface area contributed by atoms with Crippen molar-refractivity contribution in [2.24, 2.45) is 7.05 Å². The van der Waals surface area contributed by atoms with Gasteiger partial charge >= 0.3 is 0 Å². The second-order valence-corrected chi connectivity index (χ2v) is 6.54. The highest BCUT2D eigenvalue weighted by atomic mass is 16.2. The molecule has 1 fully saturated rings. The number of hydrogen-bond donors (Lipinski definition) is 1. The first-order chi connectivity index (χ1) is 11.5. The van der Waals surface area contributed by atoms with Crippen LogP contribution in [0.3, 0.4) is 0 Å². The largest absolute Gasteiger partial charge is 0.351 e. The third kappa shape index (κ3) is 3.20. The number of hydrogen-bond acceptors (Lipinski definition) is 2. The van der Waals surface area contributed by atoms with Crippen molar-refractivity contribution in [3.8, 4) is 0 Å². The molecule has 2 heterocycles. The second kappa shape index (κ2) is 6.51. The predicted molar refractivity (Wildman–Crippen MR) is 92.8 cm³/mol. The summed E-state index contributed by atoms with van der Waals surface area (Å²) < 4.78 is 1.83. The van der Waals surface area contributed by atoms with E-state index in [1.54, 1.807) is 0 Å². The fourth-order valence-electron chi connectivity index (χ4n) is 3.37. The standard InChI is InChI=1S/C19H23N3O2/c1-13-6-8-15(9-7-13)16-11-22(12-17(16)20-14(2)23)19(24)18-5-4-10-21(18)3/h4-10,16-17H,11-12H2,1-3H3,(H,20,23)/t16-,17+/m1/s1. The number of nitrogens with one attached hydrogen (secondary N) is 1. The highest BCUT2D eigenvalue weighted by molar-refractivity contribution is 5.93. The summed E-state index contributed by atoms with van der Waals surface area (Å²) >= 11 is 0. The molecule has 1 aliphatic heterocycles. The number of amides is 2. The lowest BCUT2D eigenvalue weighted by atomic mass is 9.93. The van der Waals surface area contributed by atoms with Crippen LogP contribution in [0, 0.1) is 6.92 Å². The maximum Gasteiger partial charge on any atom is 0.270 e. The van der Waals surface area contributed by atoms with E-state index in [1.165, 1.54) is 12.5 Å². The molecule has 1 aromatic heterocycles. The maximum atomic E-state index is 12.8. The molecule has 0 spiro atoms. The molecule has 1 saturated heterocycles. The Kier molecular flexibility index (Phi) is 4.42. The molecule has 2 amide bonds. The van der Waals surface area contributed by atoms with Crippen LogP contribution in [-0.2, 0) is 11.8 Å². The van der Waals surface area contributed by atoms with Gasteiger partial charge in [-0.25, -0.2) is 0 Å². The van der Waals surface area contributed by atoms with Crippen LogP contribution in [0.1, 0.15) is 34.5 Å². The Labute approximate surface area is 142 Å². The predicted octanol–water partition coefficient (Wildman–Crippen LogP) is 2.08. The molecule has 1 aromatic carbocycles. The van der Waals surface area contributed by atoms with Crippen molar-refractivity contribution >= 4 is 11.8 Å². The van der Waals surface area contributed by atoms with Crippen LogP contribution in [-0.4, -0.2) is 40.4 Å². The zero-order valence-electron chi connectivity index (χ0n) is 14.3. The summed E-state index contributed by atoms with van der Waals surface area (Å²) in [4.78, 5) is 26.2. The molecule has 3 rings (SSSR count). The van der Waals surface area contributed by atoms with Gasteiger partial charge in [-0.15, -0.1) is 0 Å². The molecular weight excluding hydrogens is 302 g/mol. The van der Waals surface area contributed by atoms with Crippen LogP contribution >= 0.6 is 0 Å². The lowest BCUT2D eigenvalue weighted by Crippen LogP contribution is -2.39. The Balaban J connectivity index is 1.85. The monoisotopic (exact) mass is 325 g/mol. The first-order valence-corrected chi connectivity index (χ1v) is 8.20. The van der Waals surface area contributed by atoms with Crippen molar-refractivity contribution in [2.75, 3.05) is 13.1 Å². The molecule has 0 aliphatic carbocycles. The topological polar surface area (TPSA) is 54.3 Å². The first-order valence-electron chi connectivity index (χ1n) is 8.20. The quantitative estimate of drug-likeness (QED) is 0.939. The molecule has 2 atom stereocenters. The van der Waals surface area contributed by atoms with Gasteiger partial charge in [0.25, 0.3) is 5.91 Å². The minimum atomic E-state index is -0.0646. The van der Waals surface area contributed by atoms with Crippen LogP contribution in [0.15, 0.2) is 42.6 Å². The van der Waals surface area contributed by atoms with Crippen molar-refractivity contribution in [2.45, 2.75) is 25.8 Å². The van der Waals surface area contributed by atoms with E-state index in [2.05, 4.69) is 36.5 Å². The SMILES string of the molecule is CC(=O)N[C@H]1CN(C(=O)c2cccn2C)C[C@@H]1c1ccc(C)cc1. The van der Waals surface area contributed by atoms with Gasteiger partial charge in [0.2, 0.25) is 5.91 Å². The van der Waals surface area contributed by atoms with Gasteiger partial charge in [-0.3, -0.25) is 9.59 Å². The van der Waals surface area contributed by atoms with Gasteiger partial charge < -0.3 is 14.8 Å². The summed E-state index contributed by atoms with van der Waals surface area (Å²) in [7, 11) is 1.87. The van der Waals surface area contributed by atoms with Gasteiger partial charge in [0.05, 0.1) is 6.04 Å². The number of likely N-dealkylation sites (tertiary alicyclic amines) is 1. The highest BCUT2D eigenvalue weighted by Crippen LogP contribution is 2.29. The van der Waals surface area contributed by atoms with Crippen molar-refractivity contribution in [1.82, 2.24) is 14.8 Å². The number of nitrogens with zero attached hydrogens (tertiary/aromatic N) is 2. The smallest absolute Gasteiger partial charge is 0.270 e. The maximum absolute atomic E-state index is 12.8. The molecule has 0 unspecified atom stereocenters. The lowest BCUT2D eigenvalue weighted by molar-refractivity contribution is -0.119. The van der Waals surface area contributed by atoms with Gasteiger partial charge in [0, 0.05) is 39.2 Å². The van der Waals surface area contributed by atoms with E-state index in [4.69, 9.17) is 0 Å². The third-order valence-electron chi connectivity index (χ3n) is 4.66. The normalized spacial score (nSPS) is 20.2. The van der Waals surface area contributed by atoms with E-state index in [0.29, 0.717) is 18.8 Å². The number of carbonyl (C=O) groups is 2. The average molecular weight is 325 g/mol. The average Bonchev–Trinajstić information content (AvgIpc) is 3.13. The number of carbonyl (C=O) groups excluding carboxylic acids is 2. The Morgan fingerprint density at radius 3 is 2.42 bits per heavy atom. The number of aromatic nitrogens is 1. The fourth-order valence-corrected chi connectivity index (χ4v) is 3.37. The fraction of sp³-hybridized carbons (Fsp3) is 0.368. The Bertz CT molecular complexity index is 748. The Morgan fingerprint density at radius 2 is 1.83 bits per heavy atom. The molecule has 5 nitrogen and oxygen atoms in total. The molecule has 126 valence electrons. The summed E-state index contributed by atoms with van der Waals surface area (Å²) in [6, 6.07) is 12.0. The van der Waals surface area contributed by atoms with Gasteiger partial charge in [-0.1, -0.05) is 29.8 Å². The molecular formula is C19H23N3O2. The zero-order valence-corrected chi connectivity index (χ0v) is 14.3. The third-order valence-corrected chi connectivity index (χ3v) is 4.66. The van der Waals surface area contributed by atoms with Crippen LogP contribution < -0.4 is 5.32 Å².